The maximum Gasteiger partial charge on any atom is 0.325 e. The van der Waals surface area contributed by atoms with Crippen LogP contribution < -0.4 is 0 Å². The molecule has 3 rings (SSSR count). The maximum absolute atomic E-state index is 13.3. The summed E-state index contributed by atoms with van der Waals surface area (Å²) in [5.41, 5.74) is 0.271. The first-order valence-electron chi connectivity index (χ1n) is 11.7. The molecule has 0 heterocycles. The van der Waals surface area contributed by atoms with Gasteiger partial charge in [-0.3, -0.25) is 14.4 Å². The number of Topliss-reactive ketones (excluding diaryl/α,β-unsaturated/α-hetero) is 1. The van der Waals surface area contributed by atoms with Gasteiger partial charge in [-0.1, -0.05) is 95.9 Å². The Morgan fingerprint density at radius 3 is 1.92 bits per heavy atom. The minimum Gasteiger partial charge on any atom is -0.468 e. The number of allylic oxidation sites excluding steroid dienone is 1. The zero-order valence-corrected chi connectivity index (χ0v) is 21.7. The van der Waals surface area contributed by atoms with E-state index in [1.165, 1.54) is 14.2 Å². The first kappa shape index (κ1) is 28.0. The van der Waals surface area contributed by atoms with Gasteiger partial charge in [-0.2, -0.15) is 0 Å². The average molecular weight is 525 g/mol. The highest BCUT2D eigenvalue weighted by atomic mass is 35.5. The molecule has 0 N–H and O–H groups in total. The summed E-state index contributed by atoms with van der Waals surface area (Å²) < 4.78 is 9.91. The van der Waals surface area contributed by atoms with Crippen molar-refractivity contribution in [2.24, 2.45) is 5.41 Å². The first-order valence-corrected chi connectivity index (χ1v) is 12.0. The smallest absolute Gasteiger partial charge is 0.325 e. The number of benzene rings is 3. The third-order valence-electron chi connectivity index (χ3n) is 5.62. The summed E-state index contributed by atoms with van der Waals surface area (Å²) in [7, 11) is 2.37. The normalized spacial score (nSPS) is 10.8. The van der Waals surface area contributed by atoms with Crippen LogP contribution in [0.25, 0.3) is 6.08 Å². The molecule has 190 valence electrons. The van der Waals surface area contributed by atoms with Crippen molar-refractivity contribution in [1.29, 1.82) is 0 Å². The Labute approximate surface area is 227 Å². The summed E-state index contributed by atoms with van der Waals surface area (Å²) in [5, 5.41) is 0.557. The van der Waals surface area contributed by atoms with Crippen molar-refractivity contribution >= 4 is 35.4 Å². The van der Waals surface area contributed by atoms with Crippen LogP contribution in [0.4, 0.5) is 0 Å². The monoisotopic (exact) mass is 524 g/mol. The maximum atomic E-state index is 13.3. The summed E-state index contributed by atoms with van der Waals surface area (Å²) in [6.45, 7) is 0. The van der Waals surface area contributed by atoms with Crippen LogP contribution in [0.1, 0.15) is 34.3 Å². The summed E-state index contributed by atoms with van der Waals surface area (Å²) in [6, 6.07) is 24.8. The molecular weight excluding hydrogens is 500 g/mol. The number of rotatable bonds is 7. The molecule has 38 heavy (non-hydrogen) atoms. The van der Waals surface area contributed by atoms with Crippen molar-refractivity contribution in [3.8, 4) is 23.7 Å². The molecule has 0 spiro atoms. The molecule has 3 aromatic rings. The molecule has 0 radical (unpaired) electrons. The fourth-order valence-electron chi connectivity index (χ4n) is 3.56. The van der Waals surface area contributed by atoms with Crippen LogP contribution in [0.15, 0.2) is 90.5 Å². The number of hydrogen-bond donors (Lipinski definition) is 0. The van der Waals surface area contributed by atoms with Crippen LogP contribution in [0.3, 0.4) is 0 Å². The number of hydrogen-bond acceptors (Lipinski definition) is 5. The van der Waals surface area contributed by atoms with Gasteiger partial charge >= 0.3 is 11.9 Å². The first-order chi connectivity index (χ1) is 18.4. The molecule has 6 heteroatoms. The Morgan fingerprint density at radius 1 is 0.789 bits per heavy atom. The molecule has 0 aliphatic rings. The second-order valence-corrected chi connectivity index (χ2v) is 8.63. The second-order valence-electron chi connectivity index (χ2n) is 8.19. The second kappa shape index (κ2) is 13.7. The van der Waals surface area contributed by atoms with E-state index in [4.69, 9.17) is 21.1 Å². The highest BCUT2D eigenvalue weighted by Crippen LogP contribution is 2.30. The Bertz CT molecular complexity index is 1420. The zero-order chi connectivity index (χ0) is 27.4. The van der Waals surface area contributed by atoms with E-state index in [1.54, 1.807) is 54.6 Å². The van der Waals surface area contributed by atoms with Gasteiger partial charge in [0.1, 0.15) is 0 Å². The lowest BCUT2D eigenvalue weighted by Crippen LogP contribution is -2.40. The van der Waals surface area contributed by atoms with Gasteiger partial charge in [-0.05, 0) is 35.9 Å². The van der Waals surface area contributed by atoms with E-state index in [-0.39, 0.29) is 24.2 Å². The Kier molecular flexibility index (Phi) is 10.1. The fourth-order valence-corrected chi connectivity index (χ4v) is 3.69. The molecule has 3 aromatic carbocycles. The molecule has 0 atom stereocenters. The van der Waals surface area contributed by atoms with Gasteiger partial charge < -0.3 is 9.47 Å². The highest BCUT2D eigenvalue weighted by Gasteiger charge is 2.47. The molecule has 0 saturated heterocycles. The van der Waals surface area contributed by atoms with Crippen LogP contribution >= 0.6 is 11.6 Å². The summed E-state index contributed by atoms with van der Waals surface area (Å²) >= 11 is 5.99. The molecule has 5 nitrogen and oxygen atoms in total. The lowest BCUT2D eigenvalue weighted by atomic mass is 9.81. The van der Waals surface area contributed by atoms with Gasteiger partial charge in [-0.15, -0.1) is 0 Å². The average Bonchev–Trinajstić information content (AvgIpc) is 2.96. The lowest BCUT2D eigenvalue weighted by molar-refractivity contribution is -0.168. The molecule has 0 amide bonds. The molecule has 0 fully saturated rings. The third-order valence-corrected chi connectivity index (χ3v) is 5.88. The molecular formula is C32H25ClO5. The number of ether oxygens (including phenoxy) is 2. The van der Waals surface area contributed by atoms with Gasteiger partial charge in [0.15, 0.2) is 5.41 Å². The fraction of sp³-hybridized carbons (Fsp3) is 0.156. The zero-order valence-electron chi connectivity index (χ0n) is 21.0. The number of methoxy groups -OCH3 is 2. The van der Waals surface area contributed by atoms with E-state index in [0.29, 0.717) is 16.1 Å². The van der Waals surface area contributed by atoms with Crippen LogP contribution in [0.2, 0.25) is 5.02 Å². The van der Waals surface area contributed by atoms with Gasteiger partial charge in [0, 0.05) is 29.0 Å². The summed E-state index contributed by atoms with van der Waals surface area (Å²) in [4.78, 5) is 39.0. The van der Waals surface area contributed by atoms with Crippen LogP contribution in [-0.4, -0.2) is 31.9 Å². The van der Waals surface area contributed by atoms with E-state index >= 15 is 0 Å². The van der Waals surface area contributed by atoms with E-state index in [2.05, 4.69) is 23.7 Å². The van der Waals surface area contributed by atoms with Crippen molar-refractivity contribution in [2.75, 3.05) is 14.2 Å². The summed E-state index contributed by atoms with van der Waals surface area (Å²) in [5.74, 6) is 9.61. The largest absolute Gasteiger partial charge is 0.468 e. The number of esters is 2. The van der Waals surface area contributed by atoms with Crippen LogP contribution in [0, 0.1) is 29.1 Å². The number of halogens is 1. The van der Waals surface area contributed by atoms with Gasteiger partial charge in [0.2, 0.25) is 5.78 Å². The lowest BCUT2D eigenvalue weighted by Gasteiger charge is -2.24. The standard InChI is InChI=1S/C32H25ClO5/c1-37-30(35)32(31(36)38-2,21-9-13-24-11-5-3-6-12-24)22-10-16-27(23-25-17-19-28(33)20-18-25)29(34)26-14-7-4-8-15-26/h3-8,11-12,14-15,17-20,23H,21-22H2,1-2H3/b27-23+. The molecule has 0 aliphatic carbocycles. The van der Waals surface area contributed by atoms with Crippen molar-refractivity contribution in [1.82, 2.24) is 0 Å². The highest BCUT2D eigenvalue weighted by molar-refractivity contribution is 6.30. The van der Waals surface area contributed by atoms with Gasteiger partial charge in [0.25, 0.3) is 0 Å². The van der Waals surface area contributed by atoms with Crippen molar-refractivity contribution in [3.63, 3.8) is 0 Å². The Balaban J connectivity index is 2.01. The van der Waals surface area contributed by atoms with Gasteiger partial charge in [-0.25, -0.2) is 0 Å². The Morgan fingerprint density at radius 2 is 1.34 bits per heavy atom. The minimum atomic E-state index is -1.79. The summed E-state index contributed by atoms with van der Waals surface area (Å²) in [6.07, 6.45) is 1.18. The number of ketones is 1. The number of carbonyl (C=O) groups is 3. The van der Waals surface area contributed by atoms with Crippen molar-refractivity contribution in [2.45, 2.75) is 12.8 Å². The molecule has 0 aliphatic heterocycles. The molecule has 0 saturated carbocycles. The van der Waals surface area contributed by atoms with E-state index < -0.39 is 17.4 Å². The van der Waals surface area contributed by atoms with E-state index in [0.717, 1.165) is 5.56 Å². The molecule has 0 bridgehead atoms. The van der Waals surface area contributed by atoms with Crippen molar-refractivity contribution in [3.05, 3.63) is 112 Å². The predicted molar refractivity (Wildman–Crippen MR) is 147 cm³/mol. The SMILES string of the molecule is COC(=O)C(CC#C/C(=C\c1ccc(Cl)cc1)C(=O)c1ccccc1)(CC#Cc1ccccc1)C(=O)OC. The van der Waals surface area contributed by atoms with Gasteiger partial charge in [0.05, 0.1) is 19.8 Å². The van der Waals surface area contributed by atoms with Crippen LogP contribution in [-0.2, 0) is 19.1 Å². The third kappa shape index (κ3) is 7.23. The Hall–Kier alpha value is -4.58. The number of carbonyl (C=O) groups excluding carboxylic acids is 3. The van der Waals surface area contributed by atoms with E-state index in [1.807, 2.05) is 36.4 Å². The molecule has 0 unspecified atom stereocenters. The molecule has 0 aromatic heterocycles. The quantitative estimate of drug-likeness (QED) is 0.129. The topological polar surface area (TPSA) is 69.7 Å². The van der Waals surface area contributed by atoms with Crippen LogP contribution in [0.5, 0.6) is 0 Å². The minimum absolute atomic E-state index is 0.178. The predicted octanol–water partition coefficient (Wildman–Crippen LogP) is 5.77. The van der Waals surface area contributed by atoms with Crippen molar-refractivity contribution < 1.29 is 23.9 Å². The van der Waals surface area contributed by atoms with E-state index in [9.17, 15) is 14.4 Å².